The Kier molecular flexibility index (Phi) is 4.03. The monoisotopic (exact) mass is 265 g/mol. The molecule has 0 aliphatic carbocycles. The summed E-state index contributed by atoms with van der Waals surface area (Å²) in [6.45, 7) is 2.18. The standard InChI is InChI=1S/C14H13Cl2N/c1-2-3-10-4-6-11(7-5-10)12-8-13(15)17-14(16)9-12/h4-9H,2-3H2,1H3. The van der Waals surface area contributed by atoms with Gasteiger partial charge < -0.3 is 0 Å². The van der Waals surface area contributed by atoms with Crippen LogP contribution in [-0.4, -0.2) is 4.98 Å². The van der Waals surface area contributed by atoms with E-state index >= 15 is 0 Å². The second kappa shape index (κ2) is 5.52. The average Bonchev–Trinajstić information content (AvgIpc) is 2.29. The molecule has 88 valence electrons. The van der Waals surface area contributed by atoms with Crippen LogP contribution in [0.5, 0.6) is 0 Å². The van der Waals surface area contributed by atoms with E-state index in [-0.39, 0.29) is 0 Å². The van der Waals surface area contributed by atoms with E-state index in [2.05, 4.69) is 36.2 Å². The molecule has 1 aromatic heterocycles. The van der Waals surface area contributed by atoms with Crippen LogP contribution in [0.3, 0.4) is 0 Å². The first kappa shape index (κ1) is 12.4. The van der Waals surface area contributed by atoms with Crippen molar-refractivity contribution in [3.63, 3.8) is 0 Å². The van der Waals surface area contributed by atoms with Crippen molar-refractivity contribution in [3.8, 4) is 11.1 Å². The molecule has 0 bridgehead atoms. The van der Waals surface area contributed by atoms with Gasteiger partial charge in [0.2, 0.25) is 0 Å². The van der Waals surface area contributed by atoms with Crippen molar-refractivity contribution in [2.75, 3.05) is 0 Å². The first-order valence-corrected chi connectivity index (χ1v) is 6.37. The number of halogens is 2. The van der Waals surface area contributed by atoms with Gasteiger partial charge in [0, 0.05) is 0 Å². The van der Waals surface area contributed by atoms with Crippen LogP contribution in [0.1, 0.15) is 18.9 Å². The number of benzene rings is 1. The van der Waals surface area contributed by atoms with E-state index in [0.717, 1.165) is 24.0 Å². The number of nitrogens with zero attached hydrogens (tertiary/aromatic N) is 1. The highest BCUT2D eigenvalue weighted by molar-refractivity contribution is 6.32. The maximum absolute atomic E-state index is 5.89. The van der Waals surface area contributed by atoms with Gasteiger partial charge in [-0.3, -0.25) is 0 Å². The minimum Gasteiger partial charge on any atom is -0.224 e. The third kappa shape index (κ3) is 3.21. The molecule has 0 aliphatic heterocycles. The fourth-order valence-electron chi connectivity index (χ4n) is 1.78. The Morgan fingerprint density at radius 3 is 2.06 bits per heavy atom. The van der Waals surface area contributed by atoms with E-state index in [4.69, 9.17) is 23.2 Å². The molecule has 3 heteroatoms. The first-order valence-electron chi connectivity index (χ1n) is 5.61. The largest absolute Gasteiger partial charge is 0.224 e. The molecule has 1 heterocycles. The fourth-order valence-corrected chi connectivity index (χ4v) is 2.24. The molecule has 0 unspecified atom stereocenters. The lowest BCUT2D eigenvalue weighted by Gasteiger charge is -2.04. The molecule has 0 saturated carbocycles. The summed E-state index contributed by atoms with van der Waals surface area (Å²) in [5.41, 5.74) is 3.46. The molecular formula is C14H13Cl2N. The van der Waals surface area contributed by atoms with Crippen molar-refractivity contribution in [2.24, 2.45) is 0 Å². The summed E-state index contributed by atoms with van der Waals surface area (Å²) in [6, 6.07) is 12.1. The van der Waals surface area contributed by atoms with Crippen LogP contribution in [0.4, 0.5) is 0 Å². The van der Waals surface area contributed by atoms with Crippen molar-refractivity contribution in [1.29, 1.82) is 0 Å². The topological polar surface area (TPSA) is 12.9 Å². The maximum Gasteiger partial charge on any atom is 0.131 e. The molecule has 2 rings (SSSR count). The summed E-state index contributed by atoms with van der Waals surface area (Å²) in [6.07, 6.45) is 2.27. The number of hydrogen-bond donors (Lipinski definition) is 0. The van der Waals surface area contributed by atoms with E-state index in [1.54, 1.807) is 0 Å². The molecule has 0 atom stereocenters. The van der Waals surface area contributed by atoms with E-state index < -0.39 is 0 Å². The lowest BCUT2D eigenvalue weighted by molar-refractivity contribution is 0.922. The third-order valence-electron chi connectivity index (χ3n) is 2.59. The second-order valence-electron chi connectivity index (χ2n) is 3.95. The zero-order chi connectivity index (χ0) is 12.3. The molecule has 0 radical (unpaired) electrons. The van der Waals surface area contributed by atoms with E-state index in [1.165, 1.54) is 5.56 Å². The molecule has 0 saturated heterocycles. The van der Waals surface area contributed by atoms with Crippen LogP contribution >= 0.6 is 23.2 Å². The summed E-state index contributed by atoms with van der Waals surface area (Å²) in [4.78, 5) is 3.94. The van der Waals surface area contributed by atoms with E-state index in [9.17, 15) is 0 Å². The summed E-state index contributed by atoms with van der Waals surface area (Å²) in [7, 11) is 0. The van der Waals surface area contributed by atoms with E-state index in [1.807, 2.05) is 12.1 Å². The van der Waals surface area contributed by atoms with Crippen molar-refractivity contribution in [3.05, 3.63) is 52.3 Å². The van der Waals surface area contributed by atoms with Gasteiger partial charge in [0.1, 0.15) is 10.3 Å². The van der Waals surface area contributed by atoms with Crippen molar-refractivity contribution < 1.29 is 0 Å². The Labute approximate surface area is 111 Å². The Hall–Kier alpha value is -1.05. The van der Waals surface area contributed by atoms with Gasteiger partial charge >= 0.3 is 0 Å². The fraction of sp³-hybridized carbons (Fsp3) is 0.214. The van der Waals surface area contributed by atoms with Crippen LogP contribution < -0.4 is 0 Å². The number of hydrogen-bond acceptors (Lipinski definition) is 1. The molecule has 0 spiro atoms. The number of pyridine rings is 1. The molecular weight excluding hydrogens is 253 g/mol. The summed E-state index contributed by atoms with van der Waals surface area (Å²) < 4.78 is 0. The predicted octanol–water partition coefficient (Wildman–Crippen LogP) is 5.01. The second-order valence-corrected chi connectivity index (χ2v) is 4.72. The summed E-state index contributed by atoms with van der Waals surface area (Å²) in [5, 5.41) is 0.843. The van der Waals surface area contributed by atoms with Crippen LogP contribution in [0, 0.1) is 0 Å². The summed E-state index contributed by atoms with van der Waals surface area (Å²) in [5.74, 6) is 0. The quantitative estimate of drug-likeness (QED) is 0.712. The minimum atomic E-state index is 0.421. The molecule has 2 aromatic rings. The average molecular weight is 266 g/mol. The smallest absolute Gasteiger partial charge is 0.131 e. The van der Waals surface area contributed by atoms with Gasteiger partial charge in [0.15, 0.2) is 0 Å². The maximum atomic E-state index is 5.89. The van der Waals surface area contributed by atoms with Gasteiger partial charge in [0.05, 0.1) is 0 Å². The predicted molar refractivity (Wildman–Crippen MR) is 73.7 cm³/mol. The highest BCUT2D eigenvalue weighted by Crippen LogP contribution is 2.25. The van der Waals surface area contributed by atoms with Crippen molar-refractivity contribution >= 4 is 23.2 Å². The first-order chi connectivity index (χ1) is 8.19. The lowest BCUT2D eigenvalue weighted by Crippen LogP contribution is -1.85. The highest BCUT2D eigenvalue weighted by atomic mass is 35.5. The van der Waals surface area contributed by atoms with Gasteiger partial charge in [-0.2, -0.15) is 0 Å². The van der Waals surface area contributed by atoms with Crippen LogP contribution in [0.15, 0.2) is 36.4 Å². The SMILES string of the molecule is CCCc1ccc(-c2cc(Cl)nc(Cl)c2)cc1. The van der Waals surface area contributed by atoms with Gasteiger partial charge in [-0.25, -0.2) is 4.98 Å². The molecule has 0 fully saturated rings. The number of rotatable bonds is 3. The van der Waals surface area contributed by atoms with Gasteiger partial charge in [-0.15, -0.1) is 0 Å². The van der Waals surface area contributed by atoms with Crippen LogP contribution in [0.2, 0.25) is 10.3 Å². The molecule has 0 aliphatic rings. The van der Waals surface area contributed by atoms with Crippen molar-refractivity contribution in [2.45, 2.75) is 19.8 Å². The zero-order valence-corrected chi connectivity index (χ0v) is 11.1. The molecule has 1 aromatic carbocycles. The Balaban J connectivity index is 2.32. The third-order valence-corrected chi connectivity index (χ3v) is 2.98. The molecule has 0 amide bonds. The van der Waals surface area contributed by atoms with Crippen LogP contribution in [-0.2, 0) is 6.42 Å². The Morgan fingerprint density at radius 2 is 1.53 bits per heavy atom. The lowest BCUT2D eigenvalue weighted by atomic mass is 10.0. The number of aromatic nitrogens is 1. The molecule has 1 nitrogen and oxygen atoms in total. The molecule has 17 heavy (non-hydrogen) atoms. The normalized spacial score (nSPS) is 10.5. The van der Waals surface area contributed by atoms with Gasteiger partial charge in [-0.05, 0) is 35.2 Å². The van der Waals surface area contributed by atoms with Gasteiger partial charge in [0.25, 0.3) is 0 Å². The Morgan fingerprint density at radius 1 is 0.941 bits per heavy atom. The number of aryl methyl sites for hydroxylation is 1. The minimum absolute atomic E-state index is 0.421. The highest BCUT2D eigenvalue weighted by Gasteiger charge is 2.02. The van der Waals surface area contributed by atoms with Gasteiger partial charge in [-0.1, -0.05) is 60.8 Å². The summed E-state index contributed by atoms with van der Waals surface area (Å²) >= 11 is 11.8. The van der Waals surface area contributed by atoms with E-state index in [0.29, 0.717) is 10.3 Å². The molecule has 0 N–H and O–H groups in total. The van der Waals surface area contributed by atoms with Crippen molar-refractivity contribution in [1.82, 2.24) is 4.98 Å². The Bertz CT molecular complexity index is 486. The van der Waals surface area contributed by atoms with Crippen LogP contribution in [0.25, 0.3) is 11.1 Å². The zero-order valence-electron chi connectivity index (χ0n) is 9.58.